The summed E-state index contributed by atoms with van der Waals surface area (Å²) in [5, 5.41) is 1.76. The van der Waals surface area contributed by atoms with Gasteiger partial charge in [0.2, 0.25) is 0 Å². The van der Waals surface area contributed by atoms with Crippen LogP contribution in [0.5, 0.6) is 0 Å². The highest BCUT2D eigenvalue weighted by Crippen LogP contribution is 2.20. The third kappa shape index (κ3) is 2.99. The summed E-state index contributed by atoms with van der Waals surface area (Å²) in [6, 6.07) is 0. The fourth-order valence-corrected chi connectivity index (χ4v) is 2.46. The third-order valence-corrected chi connectivity index (χ3v) is 3.03. The van der Waals surface area contributed by atoms with Gasteiger partial charge in [-0.1, -0.05) is 0 Å². The van der Waals surface area contributed by atoms with E-state index in [1.165, 1.54) is 0 Å². The molecule has 2 nitrogen and oxygen atoms in total. The molecule has 74 valence electrons. The van der Waals surface area contributed by atoms with Crippen LogP contribution in [0.1, 0.15) is 26.2 Å². The summed E-state index contributed by atoms with van der Waals surface area (Å²) in [6.45, 7) is 1.83. The Morgan fingerprint density at radius 2 is 1.92 bits per heavy atom. The Labute approximate surface area is 80.0 Å². The molecule has 1 aliphatic rings. The zero-order chi connectivity index (χ0) is 10.1. The molecule has 3 heteroatoms. The first-order valence-corrected chi connectivity index (χ1v) is 6.86. The van der Waals surface area contributed by atoms with E-state index in [9.17, 15) is 9.00 Å². The van der Waals surface area contributed by atoms with E-state index in [1.807, 2.05) is 6.92 Å². The minimum absolute atomic E-state index is 0.209. The van der Waals surface area contributed by atoms with E-state index in [0.29, 0.717) is 6.42 Å². The van der Waals surface area contributed by atoms with E-state index in [1.54, 1.807) is 17.9 Å². The van der Waals surface area contributed by atoms with E-state index < -0.39 is 9.52 Å². The van der Waals surface area contributed by atoms with Gasteiger partial charge in [0.15, 0.2) is 5.78 Å². The Bertz CT molecular complexity index is 360. The van der Waals surface area contributed by atoms with Crippen molar-refractivity contribution in [2.24, 2.45) is 0 Å². The molecule has 0 aromatic heterocycles. The van der Waals surface area contributed by atoms with Crippen molar-refractivity contribution in [3.63, 3.8) is 0 Å². The average Bonchev–Trinajstić information content (AvgIpc) is 1.96. The van der Waals surface area contributed by atoms with Crippen LogP contribution in [-0.4, -0.2) is 27.9 Å². The van der Waals surface area contributed by atoms with Crippen LogP contribution in [-0.2, 0) is 14.3 Å². The molecule has 0 N–H and O–H groups in total. The number of ketones is 1. The van der Waals surface area contributed by atoms with Gasteiger partial charge in [-0.25, -0.2) is 0 Å². The smallest absolute Gasteiger partial charge is 0.158 e. The van der Waals surface area contributed by atoms with Gasteiger partial charge in [0.1, 0.15) is 0 Å². The Balaban J connectivity index is 3.11. The Morgan fingerprint density at radius 3 is 2.46 bits per heavy atom. The molecule has 0 saturated heterocycles. The highest BCUT2D eigenvalue weighted by Gasteiger charge is 2.15. The lowest BCUT2D eigenvalue weighted by Crippen LogP contribution is -2.12. The lowest BCUT2D eigenvalue weighted by molar-refractivity contribution is -0.115. The second-order valence-corrected chi connectivity index (χ2v) is 6.71. The Kier molecular flexibility index (Phi) is 2.96. The van der Waals surface area contributed by atoms with Gasteiger partial charge in [-0.15, -0.1) is 0 Å². The van der Waals surface area contributed by atoms with E-state index in [-0.39, 0.29) is 5.78 Å². The van der Waals surface area contributed by atoms with Crippen LogP contribution in [0.15, 0.2) is 11.1 Å². The van der Waals surface area contributed by atoms with Gasteiger partial charge in [0, 0.05) is 18.9 Å². The van der Waals surface area contributed by atoms with E-state index in [0.717, 1.165) is 24.0 Å². The number of hydrogen-bond donors (Lipinski definition) is 0. The molecule has 0 bridgehead atoms. The zero-order valence-corrected chi connectivity index (χ0v) is 9.24. The van der Waals surface area contributed by atoms with Crippen molar-refractivity contribution in [3.8, 4) is 0 Å². The molecule has 0 fully saturated rings. The summed E-state index contributed by atoms with van der Waals surface area (Å²) < 4.78 is 11.5. The molecule has 0 spiro atoms. The van der Waals surface area contributed by atoms with Crippen molar-refractivity contribution in [2.75, 3.05) is 12.5 Å². The van der Waals surface area contributed by atoms with E-state index in [4.69, 9.17) is 0 Å². The number of hydrogen-bond acceptors (Lipinski definition) is 2. The molecule has 0 aromatic carbocycles. The molecular formula is C10H16O2S. The van der Waals surface area contributed by atoms with Gasteiger partial charge in [-0.05, 0) is 45.8 Å². The molecule has 0 heterocycles. The minimum atomic E-state index is -1.87. The van der Waals surface area contributed by atoms with Crippen molar-refractivity contribution in [1.82, 2.24) is 0 Å². The highest BCUT2D eigenvalue weighted by molar-refractivity contribution is 8.00. The van der Waals surface area contributed by atoms with Crippen molar-refractivity contribution >= 4 is 20.7 Å². The van der Waals surface area contributed by atoms with E-state index in [2.05, 4.69) is 0 Å². The largest absolute Gasteiger partial charge is 0.295 e. The monoisotopic (exact) mass is 200 g/mol. The first-order valence-electron chi connectivity index (χ1n) is 4.42. The number of rotatable bonds is 1. The molecule has 0 atom stereocenters. The summed E-state index contributed by atoms with van der Waals surface area (Å²) in [5.74, 6) is 0.209. The molecule has 1 rings (SSSR count). The Hall–Kier alpha value is -0.570. The van der Waals surface area contributed by atoms with E-state index >= 15 is 0 Å². The van der Waals surface area contributed by atoms with Crippen LogP contribution < -0.4 is 0 Å². The molecule has 13 heavy (non-hydrogen) atoms. The maximum atomic E-state index is 11.5. The molecule has 0 saturated carbocycles. The summed E-state index contributed by atoms with van der Waals surface area (Å²) in [4.78, 5) is 11.3. The normalized spacial score (nSPS) is 19.2. The topological polar surface area (TPSA) is 34.1 Å². The van der Waals surface area contributed by atoms with Gasteiger partial charge in [-0.2, -0.15) is 0 Å². The molecule has 0 amide bonds. The van der Waals surface area contributed by atoms with Crippen LogP contribution in [0.25, 0.3) is 0 Å². The van der Waals surface area contributed by atoms with Crippen LogP contribution in [0.3, 0.4) is 0 Å². The molecule has 0 aliphatic heterocycles. The predicted octanol–water partition coefficient (Wildman–Crippen LogP) is 1.40. The van der Waals surface area contributed by atoms with Crippen molar-refractivity contribution in [3.05, 3.63) is 11.1 Å². The summed E-state index contributed by atoms with van der Waals surface area (Å²) >= 11 is 0. The number of Topliss-reactive ketones (excluding diaryl/α,β-unsaturated/α-hetero) is 1. The predicted molar refractivity (Wildman–Crippen MR) is 57.6 cm³/mol. The van der Waals surface area contributed by atoms with Crippen molar-refractivity contribution < 1.29 is 9.00 Å². The van der Waals surface area contributed by atoms with Gasteiger partial charge in [0.25, 0.3) is 0 Å². The Morgan fingerprint density at radius 1 is 1.31 bits per heavy atom. The second kappa shape index (κ2) is 3.66. The minimum Gasteiger partial charge on any atom is -0.295 e. The lowest BCUT2D eigenvalue weighted by atomic mass is 9.93. The summed E-state index contributed by atoms with van der Waals surface area (Å²) in [6.07, 6.45) is 5.85. The number of carbonyl (C=O) groups is 1. The van der Waals surface area contributed by atoms with Gasteiger partial charge >= 0.3 is 0 Å². The summed E-state index contributed by atoms with van der Waals surface area (Å²) in [7, 11) is -1.87. The molecule has 1 aliphatic carbocycles. The fourth-order valence-electron chi connectivity index (χ4n) is 1.48. The maximum absolute atomic E-state index is 11.5. The first-order chi connectivity index (χ1) is 5.90. The zero-order valence-electron chi connectivity index (χ0n) is 8.42. The molecule has 0 radical (unpaired) electrons. The molecular weight excluding hydrogens is 184 g/mol. The van der Waals surface area contributed by atoms with Crippen LogP contribution in [0.4, 0.5) is 0 Å². The second-order valence-electron chi connectivity index (χ2n) is 3.85. The maximum Gasteiger partial charge on any atom is 0.158 e. The van der Waals surface area contributed by atoms with Gasteiger partial charge in [0.05, 0.1) is 0 Å². The van der Waals surface area contributed by atoms with Crippen LogP contribution in [0, 0.1) is 0 Å². The first kappa shape index (κ1) is 10.5. The highest BCUT2D eigenvalue weighted by atomic mass is 32.2. The number of carbonyl (C=O) groups excluding carboxylic acids is 1. The molecule has 0 unspecified atom stereocenters. The fraction of sp³-hybridized carbons (Fsp3) is 0.600. The standard InChI is InChI=1S/C10H16O2S/c1-8-9(7-13(2,3)12)5-4-6-10(8)11/h7H,4-6H2,1-3H3. The molecule has 0 aromatic rings. The quantitative estimate of drug-likeness (QED) is 0.600. The van der Waals surface area contributed by atoms with Crippen molar-refractivity contribution in [1.29, 1.82) is 0 Å². The number of allylic oxidation sites excluding steroid dienone is 2. The average molecular weight is 200 g/mol. The lowest BCUT2D eigenvalue weighted by Gasteiger charge is -2.14. The van der Waals surface area contributed by atoms with Gasteiger partial charge in [-0.3, -0.25) is 9.00 Å². The van der Waals surface area contributed by atoms with Crippen LogP contribution >= 0.6 is 0 Å². The van der Waals surface area contributed by atoms with Gasteiger partial charge < -0.3 is 0 Å². The van der Waals surface area contributed by atoms with Crippen molar-refractivity contribution in [2.45, 2.75) is 26.2 Å². The van der Waals surface area contributed by atoms with Crippen LogP contribution in [0.2, 0.25) is 0 Å². The third-order valence-electron chi connectivity index (χ3n) is 2.18. The summed E-state index contributed by atoms with van der Waals surface area (Å²) in [5.41, 5.74) is 1.80. The SMILES string of the molecule is CC1=C(C=S(C)(C)=O)CCCC1=O.